The van der Waals surface area contributed by atoms with Gasteiger partial charge in [0.05, 0.1) is 0 Å². The predicted octanol–water partition coefficient (Wildman–Crippen LogP) is 2.57. The molecule has 2 atom stereocenters. The Morgan fingerprint density at radius 1 is 1.33 bits per heavy atom. The van der Waals surface area contributed by atoms with Crippen molar-refractivity contribution in [2.24, 2.45) is 5.92 Å². The smallest absolute Gasteiger partial charge is 0.123 e. The summed E-state index contributed by atoms with van der Waals surface area (Å²) in [5, 5.41) is 3.28. The van der Waals surface area contributed by atoms with E-state index in [-0.39, 0.29) is 5.82 Å². The number of hydrogen-bond donors (Lipinski definition) is 1. The molecule has 1 saturated carbocycles. The van der Waals surface area contributed by atoms with E-state index in [1.807, 2.05) is 13.1 Å². The molecule has 1 aliphatic heterocycles. The molecule has 2 unspecified atom stereocenters. The second-order valence-corrected chi connectivity index (χ2v) is 5.58. The van der Waals surface area contributed by atoms with Gasteiger partial charge in [-0.2, -0.15) is 0 Å². The zero-order valence-electron chi connectivity index (χ0n) is 10.9. The van der Waals surface area contributed by atoms with Gasteiger partial charge in [0.2, 0.25) is 0 Å². The highest BCUT2D eigenvalue weighted by Crippen LogP contribution is 2.43. The number of benzene rings is 1. The van der Waals surface area contributed by atoms with Crippen LogP contribution >= 0.6 is 0 Å². The van der Waals surface area contributed by atoms with Gasteiger partial charge in [0, 0.05) is 12.1 Å². The Bertz CT molecular complexity index is 417. The van der Waals surface area contributed by atoms with Crippen molar-refractivity contribution in [3.05, 3.63) is 35.6 Å². The van der Waals surface area contributed by atoms with Crippen LogP contribution in [-0.2, 0) is 0 Å². The molecule has 0 aromatic heterocycles. The highest BCUT2D eigenvalue weighted by molar-refractivity contribution is 5.23. The molecule has 1 aromatic carbocycles. The molecule has 1 N–H and O–H groups in total. The number of rotatable bonds is 4. The molecule has 0 radical (unpaired) electrons. The molecule has 3 heteroatoms. The van der Waals surface area contributed by atoms with Crippen LogP contribution in [0.3, 0.4) is 0 Å². The number of hydrogen-bond acceptors (Lipinski definition) is 2. The van der Waals surface area contributed by atoms with Gasteiger partial charge in [-0.1, -0.05) is 12.1 Å². The molecule has 2 nitrogen and oxygen atoms in total. The van der Waals surface area contributed by atoms with E-state index in [4.69, 9.17) is 0 Å². The Balaban J connectivity index is 1.87. The van der Waals surface area contributed by atoms with Crippen molar-refractivity contribution < 1.29 is 4.39 Å². The normalized spacial score (nSPS) is 28.8. The van der Waals surface area contributed by atoms with Crippen LogP contribution in [0.1, 0.15) is 30.9 Å². The third-order valence-corrected chi connectivity index (χ3v) is 4.23. The largest absolute Gasteiger partial charge is 0.319 e. The van der Waals surface area contributed by atoms with Gasteiger partial charge in [-0.15, -0.1) is 0 Å². The molecule has 18 heavy (non-hydrogen) atoms. The first-order chi connectivity index (χ1) is 8.79. The van der Waals surface area contributed by atoms with Gasteiger partial charge in [0.15, 0.2) is 0 Å². The molecule has 0 amide bonds. The highest BCUT2D eigenvalue weighted by atomic mass is 19.1. The molecule has 3 rings (SSSR count). The van der Waals surface area contributed by atoms with Crippen molar-refractivity contribution in [2.45, 2.75) is 31.3 Å². The van der Waals surface area contributed by atoms with Crippen molar-refractivity contribution >= 4 is 0 Å². The Kier molecular flexibility index (Phi) is 3.35. The summed E-state index contributed by atoms with van der Waals surface area (Å²) in [6, 6.07) is 8.32. The number of halogens is 1. The van der Waals surface area contributed by atoms with E-state index in [2.05, 4.69) is 16.3 Å². The molecule has 0 spiro atoms. The number of nitrogens with zero attached hydrogens (tertiary/aromatic N) is 1. The lowest BCUT2D eigenvalue weighted by atomic mass is 9.93. The van der Waals surface area contributed by atoms with Gasteiger partial charge >= 0.3 is 0 Å². The summed E-state index contributed by atoms with van der Waals surface area (Å²) in [5.41, 5.74) is 1.15. The molecule has 1 heterocycles. The van der Waals surface area contributed by atoms with Crippen LogP contribution in [0.2, 0.25) is 0 Å². The van der Waals surface area contributed by atoms with E-state index < -0.39 is 0 Å². The minimum atomic E-state index is -0.113. The summed E-state index contributed by atoms with van der Waals surface area (Å²) in [6.45, 7) is 2.18. The lowest BCUT2D eigenvalue weighted by Gasteiger charge is -2.28. The minimum Gasteiger partial charge on any atom is -0.319 e. The number of likely N-dealkylation sites (tertiary alicyclic amines) is 1. The van der Waals surface area contributed by atoms with Crippen LogP contribution in [0.4, 0.5) is 4.39 Å². The second kappa shape index (κ2) is 4.98. The predicted molar refractivity (Wildman–Crippen MR) is 70.9 cm³/mol. The lowest BCUT2D eigenvalue weighted by Crippen LogP contribution is -2.30. The molecule has 2 aliphatic rings. The zero-order valence-corrected chi connectivity index (χ0v) is 10.9. The highest BCUT2D eigenvalue weighted by Gasteiger charge is 2.42. The lowest BCUT2D eigenvalue weighted by molar-refractivity contribution is 0.217. The Morgan fingerprint density at radius 2 is 2.17 bits per heavy atom. The Labute approximate surface area is 108 Å². The maximum absolute atomic E-state index is 13.4. The Morgan fingerprint density at radius 3 is 2.83 bits per heavy atom. The fourth-order valence-electron chi connectivity index (χ4n) is 3.33. The maximum Gasteiger partial charge on any atom is 0.123 e. The van der Waals surface area contributed by atoms with E-state index in [1.54, 1.807) is 6.07 Å². The van der Waals surface area contributed by atoms with E-state index in [1.165, 1.54) is 25.3 Å². The SMILES string of the molecule is CNCC1CCN(C2CC2)C1c1cccc(F)c1. The van der Waals surface area contributed by atoms with Gasteiger partial charge in [-0.25, -0.2) is 4.39 Å². The first kappa shape index (κ1) is 12.1. The number of nitrogens with one attached hydrogen (secondary N) is 1. The van der Waals surface area contributed by atoms with Crippen molar-refractivity contribution in [1.82, 2.24) is 10.2 Å². The van der Waals surface area contributed by atoms with Crippen LogP contribution < -0.4 is 5.32 Å². The van der Waals surface area contributed by atoms with Gasteiger partial charge in [-0.05, 0) is 63.0 Å². The van der Waals surface area contributed by atoms with Crippen molar-refractivity contribution in [3.8, 4) is 0 Å². The summed E-state index contributed by atoms with van der Waals surface area (Å²) in [5.74, 6) is 0.496. The first-order valence-electron chi connectivity index (χ1n) is 6.95. The molecular formula is C15H21FN2. The van der Waals surface area contributed by atoms with Gasteiger partial charge < -0.3 is 5.32 Å². The molecule has 1 aromatic rings. The van der Waals surface area contributed by atoms with Crippen LogP contribution in [0.25, 0.3) is 0 Å². The molecular weight excluding hydrogens is 227 g/mol. The van der Waals surface area contributed by atoms with E-state index in [0.29, 0.717) is 12.0 Å². The fourth-order valence-corrected chi connectivity index (χ4v) is 3.33. The summed E-state index contributed by atoms with van der Waals surface area (Å²) < 4.78 is 13.4. The van der Waals surface area contributed by atoms with Crippen molar-refractivity contribution in [2.75, 3.05) is 20.1 Å². The quantitative estimate of drug-likeness (QED) is 0.881. The van der Waals surface area contributed by atoms with Gasteiger partial charge in [0.25, 0.3) is 0 Å². The standard InChI is InChI=1S/C15H21FN2/c1-17-10-12-7-8-18(14-5-6-14)15(12)11-3-2-4-13(16)9-11/h2-4,9,12,14-15,17H,5-8,10H2,1H3. The summed E-state index contributed by atoms with van der Waals surface area (Å²) in [7, 11) is 2.00. The van der Waals surface area contributed by atoms with Crippen LogP contribution in [0.5, 0.6) is 0 Å². The third-order valence-electron chi connectivity index (χ3n) is 4.23. The monoisotopic (exact) mass is 248 g/mol. The summed E-state index contributed by atoms with van der Waals surface area (Å²) in [4.78, 5) is 2.59. The molecule has 98 valence electrons. The van der Waals surface area contributed by atoms with Crippen LogP contribution in [-0.4, -0.2) is 31.1 Å². The minimum absolute atomic E-state index is 0.113. The van der Waals surface area contributed by atoms with E-state index in [9.17, 15) is 4.39 Å². The first-order valence-corrected chi connectivity index (χ1v) is 6.95. The average Bonchev–Trinajstić information content (AvgIpc) is 3.12. The van der Waals surface area contributed by atoms with Gasteiger partial charge in [-0.3, -0.25) is 4.90 Å². The van der Waals surface area contributed by atoms with E-state index in [0.717, 1.165) is 24.7 Å². The fraction of sp³-hybridized carbons (Fsp3) is 0.600. The maximum atomic E-state index is 13.4. The molecule has 1 saturated heterocycles. The summed E-state index contributed by atoms with van der Waals surface area (Å²) >= 11 is 0. The average molecular weight is 248 g/mol. The second-order valence-electron chi connectivity index (χ2n) is 5.58. The van der Waals surface area contributed by atoms with Crippen LogP contribution in [0, 0.1) is 11.7 Å². The molecule has 1 aliphatic carbocycles. The Hall–Kier alpha value is -0.930. The van der Waals surface area contributed by atoms with Crippen molar-refractivity contribution in [1.29, 1.82) is 0 Å². The molecule has 2 fully saturated rings. The van der Waals surface area contributed by atoms with Gasteiger partial charge in [0.1, 0.15) is 5.82 Å². The summed E-state index contributed by atoms with van der Waals surface area (Å²) in [6.07, 6.45) is 3.86. The molecule has 0 bridgehead atoms. The third kappa shape index (κ3) is 2.29. The van der Waals surface area contributed by atoms with Crippen molar-refractivity contribution in [3.63, 3.8) is 0 Å². The zero-order chi connectivity index (χ0) is 12.5. The van der Waals surface area contributed by atoms with Crippen LogP contribution in [0.15, 0.2) is 24.3 Å². The van der Waals surface area contributed by atoms with E-state index >= 15 is 0 Å². The topological polar surface area (TPSA) is 15.3 Å².